The third-order valence-corrected chi connectivity index (χ3v) is 1.92. The molecule has 1 heterocycles. The molecule has 0 amide bonds. The maximum Gasteiger partial charge on any atom is 0.273 e. The number of hydrogen-bond acceptors (Lipinski definition) is 2. The van der Waals surface area contributed by atoms with E-state index in [-0.39, 0.29) is 16.9 Å². The number of hydrogen-bond donors (Lipinski definition) is 3. The number of rotatable bonds is 1. The average molecular weight is 193 g/mol. The highest BCUT2D eigenvalue weighted by atomic mass is 19.1. The van der Waals surface area contributed by atoms with Crippen molar-refractivity contribution in [2.45, 2.75) is 0 Å². The van der Waals surface area contributed by atoms with Gasteiger partial charge in [-0.2, -0.15) is 0 Å². The molecular formula is C9H8FN3O. The number of anilines is 1. The van der Waals surface area contributed by atoms with Gasteiger partial charge in [0.2, 0.25) is 0 Å². The molecule has 2 rings (SSSR count). The van der Waals surface area contributed by atoms with E-state index in [4.69, 9.17) is 5.73 Å². The minimum atomic E-state index is -0.400. The molecule has 0 saturated carbocycles. The Kier molecular flexibility index (Phi) is 1.85. The molecule has 0 unspecified atom stereocenters. The summed E-state index contributed by atoms with van der Waals surface area (Å²) in [6.45, 7) is 0. The lowest BCUT2D eigenvalue weighted by atomic mass is 10.1. The van der Waals surface area contributed by atoms with E-state index in [9.17, 15) is 9.18 Å². The lowest BCUT2D eigenvalue weighted by Crippen LogP contribution is -2.02. The first-order chi connectivity index (χ1) is 6.68. The zero-order valence-corrected chi connectivity index (χ0v) is 7.17. The zero-order valence-electron chi connectivity index (χ0n) is 7.17. The smallest absolute Gasteiger partial charge is 0.273 e. The van der Waals surface area contributed by atoms with Crippen LogP contribution in [-0.4, -0.2) is 10.2 Å². The number of halogens is 1. The molecule has 0 bridgehead atoms. The van der Waals surface area contributed by atoms with Crippen LogP contribution in [0.15, 0.2) is 29.1 Å². The molecule has 0 aliphatic heterocycles. The molecule has 4 N–H and O–H groups in total. The molecule has 1 aromatic carbocycles. The fourth-order valence-electron chi connectivity index (χ4n) is 1.30. The Bertz CT molecular complexity index is 515. The van der Waals surface area contributed by atoms with E-state index >= 15 is 0 Å². The van der Waals surface area contributed by atoms with E-state index in [1.807, 2.05) is 0 Å². The van der Waals surface area contributed by atoms with Gasteiger partial charge in [0, 0.05) is 0 Å². The Morgan fingerprint density at radius 2 is 2.07 bits per heavy atom. The summed E-state index contributed by atoms with van der Waals surface area (Å²) in [4.78, 5) is 11.3. The molecule has 0 saturated heterocycles. The summed E-state index contributed by atoms with van der Waals surface area (Å²) in [5, 5.41) is 4.80. The molecule has 5 heteroatoms. The van der Waals surface area contributed by atoms with Gasteiger partial charge in [-0.3, -0.25) is 15.0 Å². The van der Waals surface area contributed by atoms with Crippen molar-refractivity contribution in [3.8, 4) is 11.1 Å². The Hall–Kier alpha value is -2.04. The van der Waals surface area contributed by atoms with E-state index in [1.54, 1.807) is 6.07 Å². The topological polar surface area (TPSA) is 74.7 Å². The Labute approximate surface area is 78.6 Å². The molecule has 0 aliphatic rings. The van der Waals surface area contributed by atoms with Gasteiger partial charge in [0.25, 0.3) is 5.56 Å². The van der Waals surface area contributed by atoms with E-state index in [2.05, 4.69) is 10.2 Å². The fourth-order valence-corrected chi connectivity index (χ4v) is 1.30. The van der Waals surface area contributed by atoms with Crippen molar-refractivity contribution in [1.82, 2.24) is 10.2 Å². The largest absolute Gasteiger partial charge is 0.383 e. The van der Waals surface area contributed by atoms with Gasteiger partial charge in [-0.25, -0.2) is 4.39 Å². The highest BCUT2D eigenvalue weighted by molar-refractivity contribution is 5.72. The van der Waals surface area contributed by atoms with Crippen molar-refractivity contribution in [2.24, 2.45) is 0 Å². The molecule has 1 aromatic heterocycles. The summed E-state index contributed by atoms with van der Waals surface area (Å²) >= 11 is 0. The quantitative estimate of drug-likeness (QED) is 0.634. The number of aromatic amines is 2. The van der Waals surface area contributed by atoms with Crippen molar-refractivity contribution < 1.29 is 4.39 Å². The van der Waals surface area contributed by atoms with Crippen molar-refractivity contribution in [1.29, 1.82) is 0 Å². The standard InChI is InChI=1S/C9H8FN3O/c10-6-3-1-2-5(4-6)7-8(11)12-13-9(7)14/h1-4H,(H4,11,12,13,14). The van der Waals surface area contributed by atoms with Crippen LogP contribution in [0.2, 0.25) is 0 Å². The Morgan fingerprint density at radius 1 is 1.29 bits per heavy atom. The number of H-pyrrole nitrogens is 2. The number of nitrogens with one attached hydrogen (secondary N) is 2. The van der Waals surface area contributed by atoms with Crippen LogP contribution < -0.4 is 11.3 Å². The monoisotopic (exact) mass is 193 g/mol. The summed E-state index contributed by atoms with van der Waals surface area (Å²) < 4.78 is 12.9. The van der Waals surface area contributed by atoms with E-state index < -0.39 is 5.82 Å². The van der Waals surface area contributed by atoms with Crippen molar-refractivity contribution in [3.05, 3.63) is 40.4 Å². The van der Waals surface area contributed by atoms with E-state index in [0.717, 1.165) is 0 Å². The summed E-state index contributed by atoms with van der Waals surface area (Å²) in [5.74, 6) is -0.192. The van der Waals surface area contributed by atoms with Crippen LogP contribution in [0.4, 0.5) is 10.2 Å². The number of benzene rings is 1. The van der Waals surface area contributed by atoms with Gasteiger partial charge in [0.1, 0.15) is 11.6 Å². The van der Waals surface area contributed by atoms with Crippen molar-refractivity contribution in [2.75, 3.05) is 5.73 Å². The summed E-state index contributed by atoms with van der Waals surface area (Å²) in [5.41, 5.74) is 5.89. The van der Waals surface area contributed by atoms with Crippen LogP contribution in [0.25, 0.3) is 11.1 Å². The molecule has 2 aromatic rings. The van der Waals surface area contributed by atoms with Gasteiger partial charge < -0.3 is 5.73 Å². The first-order valence-corrected chi connectivity index (χ1v) is 4.00. The lowest BCUT2D eigenvalue weighted by Gasteiger charge is -1.97. The first-order valence-electron chi connectivity index (χ1n) is 4.00. The molecular weight excluding hydrogens is 185 g/mol. The predicted octanol–water partition coefficient (Wildman–Crippen LogP) is 1.09. The maximum atomic E-state index is 12.9. The Balaban J connectivity index is 2.66. The van der Waals surface area contributed by atoms with Crippen LogP contribution in [0, 0.1) is 5.82 Å². The second kappa shape index (κ2) is 3.02. The predicted molar refractivity (Wildman–Crippen MR) is 51.2 cm³/mol. The molecule has 72 valence electrons. The maximum absolute atomic E-state index is 12.9. The van der Waals surface area contributed by atoms with Crippen molar-refractivity contribution in [3.63, 3.8) is 0 Å². The lowest BCUT2D eigenvalue weighted by molar-refractivity contribution is 0.628. The summed E-state index contributed by atoms with van der Waals surface area (Å²) in [7, 11) is 0. The molecule has 0 atom stereocenters. The van der Waals surface area contributed by atoms with E-state index in [0.29, 0.717) is 5.56 Å². The van der Waals surface area contributed by atoms with Crippen LogP contribution in [0.1, 0.15) is 0 Å². The molecule has 14 heavy (non-hydrogen) atoms. The molecule has 4 nitrogen and oxygen atoms in total. The SMILES string of the molecule is Nc1[nH][nH]c(=O)c1-c1cccc(F)c1. The summed E-state index contributed by atoms with van der Waals surface area (Å²) in [6, 6.07) is 5.71. The van der Waals surface area contributed by atoms with Gasteiger partial charge in [0.05, 0.1) is 5.56 Å². The van der Waals surface area contributed by atoms with Crippen molar-refractivity contribution >= 4 is 5.82 Å². The second-order valence-corrected chi connectivity index (χ2v) is 2.88. The highest BCUT2D eigenvalue weighted by Crippen LogP contribution is 2.20. The minimum absolute atomic E-state index is 0.209. The Morgan fingerprint density at radius 3 is 2.64 bits per heavy atom. The van der Waals surface area contributed by atoms with Gasteiger partial charge in [-0.15, -0.1) is 0 Å². The molecule has 0 spiro atoms. The number of nitrogens with two attached hydrogens (primary N) is 1. The third kappa shape index (κ3) is 1.28. The molecule has 0 aliphatic carbocycles. The van der Waals surface area contributed by atoms with Crippen LogP contribution >= 0.6 is 0 Å². The van der Waals surface area contributed by atoms with Gasteiger partial charge in [-0.1, -0.05) is 12.1 Å². The summed E-state index contributed by atoms with van der Waals surface area (Å²) in [6.07, 6.45) is 0. The van der Waals surface area contributed by atoms with Crippen LogP contribution in [0.3, 0.4) is 0 Å². The number of nitrogen functional groups attached to an aromatic ring is 1. The number of aromatic nitrogens is 2. The minimum Gasteiger partial charge on any atom is -0.383 e. The molecule has 0 radical (unpaired) electrons. The third-order valence-electron chi connectivity index (χ3n) is 1.92. The van der Waals surface area contributed by atoms with Crippen LogP contribution in [0.5, 0.6) is 0 Å². The van der Waals surface area contributed by atoms with Gasteiger partial charge in [0.15, 0.2) is 0 Å². The van der Waals surface area contributed by atoms with E-state index in [1.165, 1.54) is 18.2 Å². The first kappa shape index (κ1) is 8.55. The average Bonchev–Trinajstić information content (AvgIpc) is 2.46. The normalized spacial score (nSPS) is 10.4. The fraction of sp³-hybridized carbons (Fsp3) is 0. The second-order valence-electron chi connectivity index (χ2n) is 2.88. The van der Waals surface area contributed by atoms with Gasteiger partial charge >= 0.3 is 0 Å². The zero-order chi connectivity index (χ0) is 10.1. The highest BCUT2D eigenvalue weighted by Gasteiger charge is 2.09. The molecule has 0 fully saturated rings. The van der Waals surface area contributed by atoms with Crippen LogP contribution in [-0.2, 0) is 0 Å². The van der Waals surface area contributed by atoms with Gasteiger partial charge in [-0.05, 0) is 17.7 Å².